The van der Waals surface area contributed by atoms with Crippen molar-refractivity contribution in [3.8, 4) is 0 Å². The van der Waals surface area contributed by atoms with E-state index in [0.717, 1.165) is 16.7 Å². The van der Waals surface area contributed by atoms with E-state index in [2.05, 4.69) is 0 Å². The molecule has 1 unspecified atom stereocenters. The van der Waals surface area contributed by atoms with E-state index in [1.165, 1.54) is 26.8 Å². The Hall–Kier alpha value is -3.60. The number of allylic oxidation sites excluding steroid dienone is 5. The van der Waals surface area contributed by atoms with Gasteiger partial charge in [-0.3, -0.25) is 28.8 Å². The average molecular weight is 615 g/mol. The fourth-order valence-electron chi connectivity index (χ4n) is 7.55. The van der Waals surface area contributed by atoms with Crippen LogP contribution >= 0.6 is 0 Å². The Balaban J connectivity index is 1.93. The third-order valence-electron chi connectivity index (χ3n) is 9.81. The van der Waals surface area contributed by atoms with E-state index in [9.17, 15) is 33.9 Å². The lowest BCUT2D eigenvalue weighted by Crippen LogP contribution is -2.66. The first kappa shape index (κ1) is 33.3. The lowest BCUT2D eigenvalue weighted by Gasteiger charge is -2.54. The fourth-order valence-corrected chi connectivity index (χ4v) is 7.55. The highest BCUT2D eigenvalue weighted by Crippen LogP contribution is 2.66. The first-order valence-electron chi connectivity index (χ1n) is 15.4. The minimum Gasteiger partial charge on any atom is -0.450 e. The lowest BCUT2D eigenvalue weighted by atomic mass is 9.52. The average Bonchev–Trinajstić information content (AvgIpc) is 3.27. The molecule has 240 valence electrons. The molecule has 0 spiro atoms. The fraction of sp³-hybridized carbons (Fsp3) is 0.636. The first-order valence-corrected chi connectivity index (χ1v) is 15.4. The summed E-state index contributed by atoms with van der Waals surface area (Å²) < 4.78 is 22.3. The summed E-state index contributed by atoms with van der Waals surface area (Å²) in [5.74, 6) is -8.58. The molecule has 1 saturated carbocycles. The highest BCUT2D eigenvalue weighted by Gasteiger charge is 2.74. The smallest absolute Gasteiger partial charge is 0.450 e. The van der Waals surface area contributed by atoms with Crippen LogP contribution in [0.4, 0.5) is 0 Å². The summed E-state index contributed by atoms with van der Waals surface area (Å²) in [5.41, 5.74) is -1.56. The number of fused-ring (bicyclic) bond motifs is 4. The van der Waals surface area contributed by atoms with E-state index in [1.54, 1.807) is 26.0 Å². The van der Waals surface area contributed by atoms with Crippen LogP contribution in [0.1, 0.15) is 99.3 Å². The monoisotopic (exact) mass is 614 g/mol. The maximum absolute atomic E-state index is 15.0. The largest absolute Gasteiger partial charge is 0.493 e. The van der Waals surface area contributed by atoms with Crippen LogP contribution in [0, 0.1) is 16.7 Å². The van der Waals surface area contributed by atoms with E-state index >= 15 is 0 Å². The van der Waals surface area contributed by atoms with Gasteiger partial charge < -0.3 is 24.1 Å². The quantitative estimate of drug-likeness (QED) is 0.214. The summed E-state index contributed by atoms with van der Waals surface area (Å²) in [6.45, 7) is 9.58. The van der Waals surface area contributed by atoms with Gasteiger partial charge in [-0.15, -0.1) is 0 Å². The molecule has 0 aromatic heterocycles. The van der Waals surface area contributed by atoms with Gasteiger partial charge in [-0.2, -0.15) is 0 Å². The van der Waals surface area contributed by atoms with Gasteiger partial charge in [-0.1, -0.05) is 51.8 Å². The number of hydrogen-bond donors (Lipinski definition) is 1. The molecule has 44 heavy (non-hydrogen) atoms. The van der Waals surface area contributed by atoms with Gasteiger partial charge in [0.05, 0.1) is 6.10 Å². The molecule has 1 fully saturated rings. The number of Topliss-reactive ketones (excluding diaryl/α,β-unsaturated/α-hetero) is 1. The normalized spacial score (nSPS) is 30.8. The summed E-state index contributed by atoms with van der Waals surface area (Å²) >= 11 is 0. The number of aliphatic hydroxyl groups excluding tert-OH is 1. The molecule has 1 N–H and O–H groups in total. The molecule has 4 aliphatic carbocycles. The molecule has 0 aliphatic heterocycles. The molecule has 4 aliphatic rings. The van der Waals surface area contributed by atoms with Crippen LogP contribution in [-0.2, 0) is 47.7 Å². The molecule has 0 bridgehead atoms. The number of carbonyl (C=O) groups is 6. The Labute approximate surface area is 257 Å². The number of hydrogen-bond acceptors (Lipinski definition) is 11. The SMILES string of the molecule is CCC(=O)OC(OC(=O)CC)(OC(=O)CC)C(=O)[C@@]1(OC(=O)CC)CC[C@H]2C3=C(C(O)C[C@@]21C)[C@@]1(C)C=CC(=O)C=C1CC3. The van der Waals surface area contributed by atoms with E-state index in [4.69, 9.17) is 18.9 Å². The van der Waals surface area contributed by atoms with Crippen molar-refractivity contribution in [2.24, 2.45) is 16.7 Å². The van der Waals surface area contributed by atoms with Crippen molar-refractivity contribution in [1.82, 2.24) is 0 Å². The Morgan fingerprint density at radius 1 is 0.886 bits per heavy atom. The second kappa shape index (κ2) is 12.1. The van der Waals surface area contributed by atoms with Gasteiger partial charge in [0, 0.05) is 36.5 Å². The van der Waals surface area contributed by atoms with Crippen molar-refractivity contribution in [3.63, 3.8) is 0 Å². The van der Waals surface area contributed by atoms with Crippen LogP contribution in [0.3, 0.4) is 0 Å². The van der Waals surface area contributed by atoms with Gasteiger partial charge in [-0.25, -0.2) is 0 Å². The van der Waals surface area contributed by atoms with Crippen molar-refractivity contribution in [2.75, 3.05) is 0 Å². The van der Waals surface area contributed by atoms with Crippen LogP contribution in [0.5, 0.6) is 0 Å². The topological polar surface area (TPSA) is 160 Å². The van der Waals surface area contributed by atoms with Crippen molar-refractivity contribution in [3.05, 3.63) is 34.9 Å². The minimum atomic E-state index is -3.15. The zero-order chi connectivity index (χ0) is 32.7. The third-order valence-corrected chi connectivity index (χ3v) is 9.81. The predicted molar refractivity (Wildman–Crippen MR) is 154 cm³/mol. The molecule has 4 rings (SSSR count). The number of rotatable bonds is 10. The van der Waals surface area contributed by atoms with Crippen LogP contribution in [0.2, 0.25) is 0 Å². The van der Waals surface area contributed by atoms with Gasteiger partial charge in [-0.05, 0) is 62.7 Å². The van der Waals surface area contributed by atoms with Gasteiger partial charge in [0.25, 0.3) is 0 Å². The summed E-state index contributed by atoms with van der Waals surface area (Å²) in [5, 5.41) is 11.8. The molecule has 0 aromatic rings. The van der Waals surface area contributed by atoms with Crippen molar-refractivity contribution < 1.29 is 52.8 Å². The molecule has 5 atom stereocenters. The van der Waals surface area contributed by atoms with E-state index in [1.807, 2.05) is 6.92 Å². The number of ketones is 2. The summed E-state index contributed by atoms with van der Waals surface area (Å²) in [4.78, 5) is 78.4. The van der Waals surface area contributed by atoms with Gasteiger partial charge in [0.2, 0.25) is 0 Å². The molecule has 0 radical (unpaired) electrons. The second-order valence-corrected chi connectivity index (χ2v) is 12.3. The van der Waals surface area contributed by atoms with Crippen molar-refractivity contribution in [1.29, 1.82) is 0 Å². The Morgan fingerprint density at radius 2 is 1.43 bits per heavy atom. The van der Waals surface area contributed by atoms with Gasteiger partial charge in [0.1, 0.15) is 0 Å². The highest BCUT2D eigenvalue weighted by atomic mass is 16.9. The summed E-state index contributed by atoms with van der Waals surface area (Å²) in [6.07, 6.45) is 4.23. The molecule has 0 amide bonds. The molecule has 11 nitrogen and oxygen atoms in total. The molecule has 0 heterocycles. The molecule has 0 aromatic carbocycles. The first-order chi connectivity index (χ1) is 20.7. The Kier molecular flexibility index (Phi) is 9.13. The van der Waals surface area contributed by atoms with E-state index < -0.39 is 58.2 Å². The van der Waals surface area contributed by atoms with Crippen LogP contribution < -0.4 is 0 Å². The molecule has 0 saturated heterocycles. The molecule has 11 heteroatoms. The van der Waals surface area contributed by atoms with Crippen LogP contribution in [-0.4, -0.2) is 58.2 Å². The standard InChI is InChI=1S/C33H42O11/c1-7-24(36)41-32(29(40)33(42-25(37)8-2,43-26(38)9-3)44-27(39)10-4)16-14-22-21-12-11-19-17-20(34)13-15-30(19,5)28(21)23(35)18-31(22,32)6/h13,15,17,22-23,35H,7-12,14,16,18H2,1-6H3/t22-,23?,30-,31-,32-/m0/s1. The van der Waals surface area contributed by atoms with Gasteiger partial charge in [0.15, 0.2) is 11.4 Å². The number of ether oxygens (including phenoxy) is 4. The van der Waals surface area contributed by atoms with E-state index in [-0.39, 0.29) is 50.2 Å². The Bertz CT molecular complexity index is 1320. The van der Waals surface area contributed by atoms with Crippen LogP contribution in [0.15, 0.2) is 34.9 Å². The highest BCUT2D eigenvalue weighted by molar-refractivity contribution is 6.02. The zero-order valence-corrected chi connectivity index (χ0v) is 26.3. The molecular weight excluding hydrogens is 572 g/mol. The third kappa shape index (κ3) is 5.22. The second-order valence-electron chi connectivity index (χ2n) is 12.3. The summed E-state index contributed by atoms with van der Waals surface area (Å²) in [6, 6.07) is 0. The predicted octanol–water partition coefficient (Wildman–Crippen LogP) is 4.10. The molecular formula is C33H42O11. The number of carbonyl (C=O) groups excluding carboxylic acids is 6. The Morgan fingerprint density at radius 3 is 1.95 bits per heavy atom. The maximum Gasteiger partial charge on any atom is 0.493 e. The van der Waals surface area contributed by atoms with Gasteiger partial charge >= 0.3 is 35.6 Å². The van der Waals surface area contributed by atoms with E-state index in [0.29, 0.717) is 19.3 Å². The zero-order valence-electron chi connectivity index (χ0n) is 26.3. The maximum atomic E-state index is 15.0. The minimum absolute atomic E-state index is 0.0505. The van der Waals surface area contributed by atoms with Crippen molar-refractivity contribution in [2.45, 2.75) is 117 Å². The lowest BCUT2D eigenvalue weighted by molar-refractivity contribution is -0.319. The van der Waals surface area contributed by atoms with Crippen molar-refractivity contribution >= 4 is 35.4 Å². The number of esters is 4. The number of aliphatic hydroxyl groups is 1. The summed E-state index contributed by atoms with van der Waals surface area (Å²) in [7, 11) is 0. The van der Waals surface area contributed by atoms with Crippen LogP contribution in [0.25, 0.3) is 0 Å².